The number of aromatic amines is 1. The molecule has 2 aromatic heterocycles. The lowest BCUT2D eigenvalue weighted by Crippen LogP contribution is -2.32. The quantitative estimate of drug-likeness (QED) is 0.680. The van der Waals surface area contributed by atoms with Crippen molar-refractivity contribution in [1.82, 2.24) is 24.5 Å². The third-order valence-corrected chi connectivity index (χ3v) is 1.96. The minimum Gasteiger partial charge on any atom is -0.280 e. The Labute approximate surface area is 84.0 Å². The third kappa shape index (κ3) is 1.85. The Kier molecular flexibility index (Phi) is 2.20. The van der Waals surface area contributed by atoms with Gasteiger partial charge in [0, 0.05) is 18.0 Å². The summed E-state index contributed by atoms with van der Waals surface area (Å²) in [4.78, 5) is 24.7. The van der Waals surface area contributed by atoms with E-state index >= 15 is 0 Å². The largest absolute Gasteiger partial charge is 0.329 e. The van der Waals surface area contributed by atoms with Crippen LogP contribution >= 0.6 is 0 Å². The molecule has 1 N–H and O–H groups in total. The fourth-order valence-corrected chi connectivity index (χ4v) is 1.19. The summed E-state index contributed by atoms with van der Waals surface area (Å²) in [6.07, 6.45) is 4.64. The molecule has 0 bridgehead atoms. The fourth-order valence-electron chi connectivity index (χ4n) is 1.19. The van der Waals surface area contributed by atoms with Crippen LogP contribution in [-0.2, 0) is 6.67 Å². The Bertz CT molecular complexity index is 565. The minimum absolute atomic E-state index is 0.233. The number of rotatable bonds is 2. The molecule has 0 saturated carbocycles. The summed E-state index contributed by atoms with van der Waals surface area (Å²) in [5.41, 5.74) is -0.342. The van der Waals surface area contributed by atoms with E-state index in [9.17, 15) is 9.59 Å². The van der Waals surface area contributed by atoms with Crippen LogP contribution in [-0.4, -0.2) is 24.5 Å². The molecule has 7 nitrogen and oxygen atoms in total. The molecule has 0 fully saturated rings. The lowest BCUT2D eigenvalue weighted by molar-refractivity contribution is 0.507. The fraction of sp³-hybridized carbons (Fsp3) is 0.250. The van der Waals surface area contributed by atoms with E-state index in [0.29, 0.717) is 5.56 Å². The average Bonchev–Trinajstić information content (AvgIpc) is 2.67. The molecule has 7 heteroatoms. The van der Waals surface area contributed by atoms with Crippen LogP contribution in [0.5, 0.6) is 0 Å². The van der Waals surface area contributed by atoms with Crippen molar-refractivity contribution >= 4 is 0 Å². The molecule has 0 radical (unpaired) electrons. The molecule has 0 aliphatic carbocycles. The smallest absolute Gasteiger partial charge is 0.280 e. The van der Waals surface area contributed by atoms with Crippen LogP contribution in [0.1, 0.15) is 5.56 Å². The molecule has 15 heavy (non-hydrogen) atoms. The zero-order valence-electron chi connectivity index (χ0n) is 8.04. The van der Waals surface area contributed by atoms with E-state index in [1.165, 1.54) is 21.6 Å². The Morgan fingerprint density at radius 2 is 2.27 bits per heavy atom. The van der Waals surface area contributed by atoms with E-state index in [1.54, 1.807) is 13.1 Å². The molecule has 78 valence electrons. The maximum absolute atomic E-state index is 11.4. The number of nitrogens with one attached hydrogen (secondary N) is 1. The highest BCUT2D eigenvalue weighted by molar-refractivity contribution is 5.00. The zero-order chi connectivity index (χ0) is 10.8. The van der Waals surface area contributed by atoms with Gasteiger partial charge in [-0.15, -0.1) is 5.10 Å². The van der Waals surface area contributed by atoms with Crippen molar-refractivity contribution in [2.24, 2.45) is 0 Å². The second-order valence-electron chi connectivity index (χ2n) is 3.13. The monoisotopic (exact) mass is 207 g/mol. The molecule has 0 aliphatic heterocycles. The SMILES string of the molecule is Cc1cn(Cn2ccnn2)c(=O)[nH]c1=O. The Morgan fingerprint density at radius 3 is 2.93 bits per heavy atom. The van der Waals surface area contributed by atoms with Gasteiger partial charge in [-0.1, -0.05) is 5.21 Å². The molecule has 0 spiro atoms. The average molecular weight is 207 g/mol. The summed E-state index contributed by atoms with van der Waals surface area (Å²) in [5.74, 6) is 0. The highest BCUT2D eigenvalue weighted by atomic mass is 16.2. The number of H-pyrrole nitrogens is 1. The highest BCUT2D eigenvalue weighted by Crippen LogP contribution is 1.86. The molecule has 0 atom stereocenters. The molecule has 0 saturated heterocycles. The van der Waals surface area contributed by atoms with Crippen molar-refractivity contribution in [2.75, 3.05) is 0 Å². The number of aryl methyl sites for hydroxylation is 1. The lowest BCUT2D eigenvalue weighted by Gasteiger charge is -2.04. The number of nitrogens with zero attached hydrogens (tertiary/aromatic N) is 4. The van der Waals surface area contributed by atoms with E-state index in [2.05, 4.69) is 15.3 Å². The molecule has 0 aliphatic rings. The second kappa shape index (κ2) is 3.52. The van der Waals surface area contributed by atoms with E-state index in [4.69, 9.17) is 0 Å². The first kappa shape index (κ1) is 9.38. The van der Waals surface area contributed by atoms with Crippen LogP contribution in [0.15, 0.2) is 28.2 Å². The first-order valence-electron chi connectivity index (χ1n) is 4.31. The first-order chi connectivity index (χ1) is 7.16. The van der Waals surface area contributed by atoms with Crippen molar-refractivity contribution in [3.63, 3.8) is 0 Å². The minimum atomic E-state index is -0.457. The predicted molar refractivity (Wildman–Crippen MR) is 51.5 cm³/mol. The van der Waals surface area contributed by atoms with Gasteiger partial charge in [-0.05, 0) is 6.92 Å². The number of hydrogen-bond acceptors (Lipinski definition) is 4. The summed E-state index contributed by atoms with van der Waals surface area (Å²) in [6, 6.07) is 0. The number of aromatic nitrogens is 5. The van der Waals surface area contributed by atoms with Crippen LogP contribution in [0.4, 0.5) is 0 Å². The number of hydrogen-bond donors (Lipinski definition) is 1. The first-order valence-corrected chi connectivity index (χ1v) is 4.31. The Balaban J connectivity index is 2.42. The summed E-state index contributed by atoms with van der Waals surface area (Å²) in [6.45, 7) is 1.87. The van der Waals surface area contributed by atoms with Crippen LogP contribution in [0, 0.1) is 6.92 Å². The summed E-state index contributed by atoms with van der Waals surface area (Å²) < 4.78 is 2.84. The Morgan fingerprint density at radius 1 is 1.47 bits per heavy atom. The van der Waals surface area contributed by atoms with Gasteiger partial charge >= 0.3 is 5.69 Å². The third-order valence-electron chi connectivity index (χ3n) is 1.96. The molecule has 0 aromatic carbocycles. The van der Waals surface area contributed by atoms with Crippen molar-refractivity contribution in [3.8, 4) is 0 Å². The molecule has 2 rings (SSSR count). The second-order valence-corrected chi connectivity index (χ2v) is 3.13. The van der Waals surface area contributed by atoms with Crippen LogP contribution in [0.2, 0.25) is 0 Å². The van der Waals surface area contributed by atoms with Gasteiger partial charge in [-0.2, -0.15) is 0 Å². The van der Waals surface area contributed by atoms with Gasteiger partial charge in [0.05, 0.1) is 6.20 Å². The lowest BCUT2D eigenvalue weighted by atomic mass is 10.4. The summed E-state index contributed by atoms with van der Waals surface area (Å²) in [5, 5.41) is 7.33. The standard InChI is InChI=1S/C8H9N5O2/c1-6-4-12(8(15)10-7(6)14)5-13-3-2-9-11-13/h2-4H,5H2,1H3,(H,10,14,15). The van der Waals surface area contributed by atoms with Gasteiger partial charge in [-0.3, -0.25) is 14.3 Å². The molecule has 2 aromatic rings. The van der Waals surface area contributed by atoms with Crippen LogP contribution in [0.3, 0.4) is 0 Å². The molecular formula is C8H9N5O2. The van der Waals surface area contributed by atoms with Crippen LogP contribution < -0.4 is 11.2 Å². The van der Waals surface area contributed by atoms with Gasteiger partial charge in [0.25, 0.3) is 5.56 Å². The van der Waals surface area contributed by atoms with Gasteiger partial charge in [0.2, 0.25) is 0 Å². The van der Waals surface area contributed by atoms with Gasteiger partial charge < -0.3 is 0 Å². The maximum atomic E-state index is 11.4. The topological polar surface area (TPSA) is 85.6 Å². The van der Waals surface area contributed by atoms with E-state index in [1.807, 2.05) is 0 Å². The van der Waals surface area contributed by atoms with Gasteiger partial charge in [0.1, 0.15) is 6.67 Å². The van der Waals surface area contributed by atoms with Crippen molar-refractivity contribution in [3.05, 3.63) is 45.0 Å². The van der Waals surface area contributed by atoms with Crippen LogP contribution in [0.25, 0.3) is 0 Å². The summed E-state index contributed by atoms with van der Waals surface area (Å²) >= 11 is 0. The molecule has 2 heterocycles. The molecule has 0 unspecified atom stereocenters. The summed E-state index contributed by atoms with van der Waals surface area (Å²) in [7, 11) is 0. The van der Waals surface area contributed by atoms with Crippen molar-refractivity contribution < 1.29 is 0 Å². The normalized spacial score (nSPS) is 10.5. The predicted octanol–water partition coefficient (Wildman–Crippen LogP) is -1.06. The van der Waals surface area contributed by atoms with E-state index in [-0.39, 0.29) is 12.2 Å². The zero-order valence-corrected chi connectivity index (χ0v) is 8.04. The molecule has 0 amide bonds. The van der Waals surface area contributed by atoms with Gasteiger partial charge in [-0.25, -0.2) is 9.48 Å². The van der Waals surface area contributed by atoms with Crippen molar-refractivity contribution in [1.29, 1.82) is 0 Å². The Hall–Kier alpha value is -2.18. The van der Waals surface area contributed by atoms with E-state index in [0.717, 1.165) is 0 Å². The highest BCUT2D eigenvalue weighted by Gasteiger charge is 2.01. The maximum Gasteiger partial charge on any atom is 0.329 e. The molecular weight excluding hydrogens is 198 g/mol. The van der Waals surface area contributed by atoms with Crippen molar-refractivity contribution in [2.45, 2.75) is 13.6 Å². The van der Waals surface area contributed by atoms with E-state index < -0.39 is 5.69 Å². The van der Waals surface area contributed by atoms with Gasteiger partial charge in [0.15, 0.2) is 0 Å².